The molecule has 17 nitrogen and oxygen atoms in total. The van der Waals surface area contributed by atoms with E-state index in [-0.39, 0.29) is 25.7 Å². The predicted molar refractivity (Wildman–Crippen MR) is 368 cm³/mol. The predicted octanol–water partition coefficient (Wildman–Crippen LogP) is 20.6. The second-order valence-corrected chi connectivity index (χ2v) is 28.2. The number of allylic oxidation sites excluding steroid dienone is 4. The lowest BCUT2D eigenvalue weighted by Gasteiger charge is -2.21. The van der Waals surface area contributed by atoms with Crippen molar-refractivity contribution in [2.45, 2.75) is 373 Å². The Morgan fingerprint density at radius 1 is 0.308 bits per heavy atom. The van der Waals surface area contributed by atoms with Gasteiger partial charge in [-0.15, -0.1) is 0 Å². The highest BCUT2D eigenvalue weighted by molar-refractivity contribution is 7.47. The van der Waals surface area contributed by atoms with Gasteiger partial charge in [0, 0.05) is 25.7 Å². The molecule has 0 aliphatic rings. The van der Waals surface area contributed by atoms with Crippen molar-refractivity contribution in [3.8, 4) is 0 Å². The van der Waals surface area contributed by atoms with Gasteiger partial charge in [-0.3, -0.25) is 37.3 Å². The number of ether oxygens (including phenoxy) is 4. The molecule has 0 saturated carbocycles. The average molecular weight is 1340 g/mol. The van der Waals surface area contributed by atoms with Crippen LogP contribution in [0.1, 0.15) is 355 Å². The lowest BCUT2D eigenvalue weighted by atomic mass is 10.0. The van der Waals surface area contributed by atoms with E-state index in [1.165, 1.54) is 154 Å². The van der Waals surface area contributed by atoms with Crippen LogP contribution in [0.15, 0.2) is 24.3 Å². The van der Waals surface area contributed by atoms with Gasteiger partial charge in [-0.25, -0.2) is 9.13 Å². The second-order valence-electron chi connectivity index (χ2n) is 25.3. The smallest absolute Gasteiger partial charge is 0.462 e. The summed E-state index contributed by atoms with van der Waals surface area (Å²) in [4.78, 5) is 72.5. The number of aliphatic hydroxyl groups excluding tert-OH is 1. The van der Waals surface area contributed by atoms with Crippen LogP contribution in [0, 0.1) is 0 Å². The van der Waals surface area contributed by atoms with Crippen LogP contribution < -0.4 is 0 Å². The van der Waals surface area contributed by atoms with Crippen molar-refractivity contribution in [3.63, 3.8) is 0 Å². The molecule has 91 heavy (non-hydrogen) atoms. The molecule has 3 N–H and O–H groups in total. The van der Waals surface area contributed by atoms with Gasteiger partial charge in [-0.05, 0) is 51.4 Å². The normalized spacial score (nSPS) is 14.1. The molecule has 0 aromatic rings. The van der Waals surface area contributed by atoms with Crippen molar-refractivity contribution in [3.05, 3.63) is 24.3 Å². The maximum atomic E-state index is 13.0. The maximum Gasteiger partial charge on any atom is 0.472 e. The maximum absolute atomic E-state index is 13.0. The Balaban J connectivity index is 5.24. The Morgan fingerprint density at radius 3 is 0.802 bits per heavy atom. The number of esters is 4. The molecular formula is C72H136O17P2. The Hall–Kier alpha value is -2.46. The number of carbonyl (C=O) groups excluding carboxylic acids is 4. The third-order valence-corrected chi connectivity index (χ3v) is 18.1. The monoisotopic (exact) mass is 1330 g/mol. The molecule has 0 aliphatic carbocycles. The zero-order valence-electron chi connectivity index (χ0n) is 58.3. The molecule has 0 bridgehead atoms. The van der Waals surface area contributed by atoms with Gasteiger partial charge in [0.05, 0.1) is 26.4 Å². The minimum Gasteiger partial charge on any atom is -0.462 e. The zero-order valence-corrected chi connectivity index (χ0v) is 60.1. The summed E-state index contributed by atoms with van der Waals surface area (Å²) in [5, 5.41) is 10.6. The van der Waals surface area contributed by atoms with E-state index < -0.39 is 97.5 Å². The molecule has 0 rings (SSSR count). The van der Waals surface area contributed by atoms with E-state index in [2.05, 4.69) is 52.0 Å². The summed E-state index contributed by atoms with van der Waals surface area (Å²) in [6, 6.07) is 0. The van der Waals surface area contributed by atoms with E-state index in [1.54, 1.807) is 0 Å². The third-order valence-electron chi connectivity index (χ3n) is 16.2. The van der Waals surface area contributed by atoms with Crippen LogP contribution in [0.3, 0.4) is 0 Å². The molecule has 0 amide bonds. The Labute approximate surface area is 554 Å². The number of hydrogen-bond donors (Lipinski definition) is 3. The van der Waals surface area contributed by atoms with Crippen molar-refractivity contribution < 1.29 is 80.2 Å². The van der Waals surface area contributed by atoms with Gasteiger partial charge in [0.1, 0.15) is 19.3 Å². The number of phosphoric ester groups is 2. The Bertz CT molecular complexity index is 1830. The summed E-state index contributed by atoms with van der Waals surface area (Å²) in [6.07, 6.45) is 57.7. The number of carbonyl (C=O) groups is 4. The molecule has 0 radical (unpaired) electrons. The highest BCUT2D eigenvalue weighted by Crippen LogP contribution is 2.45. The number of hydrogen-bond acceptors (Lipinski definition) is 15. The topological polar surface area (TPSA) is 237 Å². The molecule has 5 atom stereocenters. The largest absolute Gasteiger partial charge is 0.472 e. The number of phosphoric acid groups is 2. The fraction of sp³-hybridized carbons (Fsp3) is 0.889. The molecule has 0 spiro atoms. The van der Waals surface area contributed by atoms with E-state index in [0.717, 1.165) is 122 Å². The van der Waals surface area contributed by atoms with E-state index >= 15 is 0 Å². The Morgan fingerprint density at radius 2 is 0.527 bits per heavy atom. The number of rotatable bonds is 71. The number of unbranched alkanes of at least 4 members (excludes halogenated alkanes) is 42. The summed E-state index contributed by atoms with van der Waals surface area (Å²) in [6.45, 7) is 4.86. The standard InChI is InChI=1S/C72H136O17P2/c1-5-9-13-17-21-24-27-30-32-34-37-40-43-47-51-55-59-72(77)89-68(63-83-70(75)57-53-49-45-41-38-36-33-31-28-25-22-18-14-10-6-2)65-87-91(80,81)85-61-66(73)60-84-90(78,79)86-64-67(62-82-69(74)56-52-48-44-20-16-12-8-4)88-71(76)58-54-50-46-42-39-35-29-26-23-19-15-11-7-3/h25,28,31,33,66-68,73H,5-24,26-27,29-30,32,34-65H2,1-4H3,(H,78,79)(H,80,81)/b28-25-,33-31-/t66-,67+,68+/m0/s1. The van der Waals surface area contributed by atoms with Crippen LogP contribution in [-0.4, -0.2) is 96.7 Å². The lowest BCUT2D eigenvalue weighted by Crippen LogP contribution is -2.30. The van der Waals surface area contributed by atoms with Crippen LogP contribution >= 0.6 is 15.6 Å². The molecule has 0 saturated heterocycles. The van der Waals surface area contributed by atoms with Crippen molar-refractivity contribution in [2.24, 2.45) is 0 Å². The summed E-state index contributed by atoms with van der Waals surface area (Å²) in [5.41, 5.74) is 0. The van der Waals surface area contributed by atoms with Crippen LogP contribution in [0.2, 0.25) is 0 Å². The molecule has 19 heteroatoms. The van der Waals surface area contributed by atoms with Crippen molar-refractivity contribution in [1.29, 1.82) is 0 Å². The van der Waals surface area contributed by atoms with Gasteiger partial charge in [0.2, 0.25) is 0 Å². The summed E-state index contributed by atoms with van der Waals surface area (Å²) in [7, 11) is -9.91. The van der Waals surface area contributed by atoms with Crippen molar-refractivity contribution >= 4 is 39.5 Å². The molecule has 0 heterocycles. The lowest BCUT2D eigenvalue weighted by molar-refractivity contribution is -0.161. The molecule has 2 unspecified atom stereocenters. The van der Waals surface area contributed by atoms with Gasteiger partial charge in [0.25, 0.3) is 0 Å². The first-order valence-electron chi connectivity index (χ1n) is 37.1. The van der Waals surface area contributed by atoms with Crippen molar-refractivity contribution in [2.75, 3.05) is 39.6 Å². The van der Waals surface area contributed by atoms with Gasteiger partial charge >= 0.3 is 39.5 Å². The first kappa shape index (κ1) is 88.5. The van der Waals surface area contributed by atoms with Gasteiger partial charge in [-0.2, -0.15) is 0 Å². The molecule has 0 aliphatic heterocycles. The minimum absolute atomic E-state index is 0.102. The molecule has 0 aromatic heterocycles. The van der Waals surface area contributed by atoms with Crippen LogP contribution in [0.4, 0.5) is 0 Å². The highest BCUT2D eigenvalue weighted by atomic mass is 31.2. The van der Waals surface area contributed by atoms with Gasteiger partial charge in [-0.1, -0.05) is 302 Å². The molecule has 0 fully saturated rings. The first-order chi connectivity index (χ1) is 44.2. The summed E-state index contributed by atoms with van der Waals surface area (Å²) < 4.78 is 68.2. The van der Waals surface area contributed by atoms with E-state index in [9.17, 15) is 43.2 Å². The first-order valence-corrected chi connectivity index (χ1v) is 40.1. The Kier molecular flexibility index (Phi) is 64.4. The molecular weight excluding hydrogens is 1200 g/mol. The third kappa shape index (κ3) is 66.0. The minimum atomic E-state index is -4.96. The van der Waals surface area contributed by atoms with E-state index in [0.29, 0.717) is 25.7 Å². The van der Waals surface area contributed by atoms with E-state index in [4.69, 9.17) is 37.0 Å². The molecule has 0 aromatic carbocycles. The van der Waals surface area contributed by atoms with E-state index in [1.807, 2.05) is 0 Å². The summed E-state index contributed by atoms with van der Waals surface area (Å²) >= 11 is 0. The fourth-order valence-corrected chi connectivity index (χ4v) is 12.1. The SMILES string of the molecule is CCCCCC/C=C\C=C/CCCCCCCC(=O)OC[C@H](COP(=O)(O)OC[C@@H](O)COP(=O)(O)OC[C@@H](COC(=O)CCCCCCCCC)OC(=O)CCCCCCCCCCCCCCC)OC(=O)CCCCCCCCCCCCCCCCCC. The quantitative estimate of drug-likeness (QED) is 0.0169. The van der Waals surface area contributed by atoms with Crippen LogP contribution in [-0.2, 0) is 65.4 Å². The number of aliphatic hydroxyl groups is 1. The van der Waals surface area contributed by atoms with Crippen LogP contribution in [0.25, 0.3) is 0 Å². The second kappa shape index (κ2) is 66.2. The average Bonchev–Trinajstić information content (AvgIpc) is 3.72. The van der Waals surface area contributed by atoms with Crippen LogP contribution in [0.5, 0.6) is 0 Å². The zero-order chi connectivity index (χ0) is 66.8. The highest BCUT2D eigenvalue weighted by Gasteiger charge is 2.30. The summed E-state index contributed by atoms with van der Waals surface area (Å²) in [5.74, 6) is -2.15. The van der Waals surface area contributed by atoms with Crippen molar-refractivity contribution in [1.82, 2.24) is 0 Å². The fourth-order valence-electron chi connectivity index (χ4n) is 10.5. The van der Waals surface area contributed by atoms with Gasteiger partial charge < -0.3 is 33.8 Å². The van der Waals surface area contributed by atoms with Gasteiger partial charge in [0.15, 0.2) is 12.2 Å². The molecule has 536 valence electrons.